The zero-order chi connectivity index (χ0) is 13.8. The Labute approximate surface area is 119 Å². The van der Waals surface area contributed by atoms with E-state index in [2.05, 4.69) is 27.3 Å². The third-order valence-corrected chi connectivity index (χ3v) is 3.11. The maximum atomic E-state index is 11.9. The first-order valence-electron chi connectivity index (χ1n) is 5.66. The van der Waals surface area contributed by atoms with E-state index in [0.29, 0.717) is 10.2 Å². The lowest BCUT2D eigenvalue weighted by Gasteiger charge is -2.13. The molecular weight excluding hydrogens is 308 g/mol. The summed E-state index contributed by atoms with van der Waals surface area (Å²) in [6.07, 6.45) is 0. The average Bonchev–Trinajstić information content (AvgIpc) is 2.85. The molecule has 2 rings (SSSR count). The van der Waals surface area contributed by atoms with E-state index in [0.717, 1.165) is 5.56 Å². The van der Waals surface area contributed by atoms with Gasteiger partial charge in [-0.15, -0.1) is 0 Å². The Kier molecular flexibility index (Phi) is 4.03. The number of hydrogen-bond acceptors (Lipinski definition) is 3. The second-order valence-corrected chi connectivity index (χ2v) is 4.81. The molecule has 0 saturated carbocycles. The van der Waals surface area contributed by atoms with Gasteiger partial charge in [0.1, 0.15) is 0 Å². The number of hydrogen-bond donors (Lipinski definition) is 1. The molecule has 5 heteroatoms. The molecule has 19 heavy (non-hydrogen) atoms. The van der Waals surface area contributed by atoms with Crippen molar-refractivity contribution in [2.24, 2.45) is 0 Å². The number of benzene rings is 1. The molecule has 0 bridgehead atoms. The Balaban J connectivity index is 2.06. The Hall–Kier alpha value is -2.06. The molecule has 1 amide bonds. The number of carbonyl (C=O) groups is 1. The molecule has 0 aliphatic heterocycles. The minimum Gasteiger partial charge on any atom is -0.444 e. The quantitative estimate of drug-likeness (QED) is 0.943. The first-order valence-corrected chi connectivity index (χ1v) is 6.45. The van der Waals surface area contributed by atoms with Crippen molar-refractivity contribution in [1.82, 2.24) is 5.32 Å². The second kappa shape index (κ2) is 5.72. The third kappa shape index (κ3) is 3.24. The SMILES string of the molecule is CC(NC(=O)c1ccc(Br)o1)c1ccc(C#N)cc1. The summed E-state index contributed by atoms with van der Waals surface area (Å²) >= 11 is 3.15. The molecule has 0 fully saturated rings. The largest absolute Gasteiger partial charge is 0.444 e. The topological polar surface area (TPSA) is 66.0 Å². The van der Waals surface area contributed by atoms with E-state index in [9.17, 15) is 4.79 Å². The molecule has 0 radical (unpaired) electrons. The fourth-order valence-corrected chi connectivity index (χ4v) is 1.94. The Morgan fingerprint density at radius 3 is 2.53 bits per heavy atom. The van der Waals surface area contributed by atoms with E-state index in [1.54, 1.807) is 24.3 Å². The maximum Gasteiger partial charge on any atom is 0.287 e. The lowest BCUT2D eigenvalue weighted by Crippen LogP contribution is -2.26. The van der Waals surface area contributed by atoms with Crippen molar-refractivity contribution in [3.05, 3.63) is 58.0 Å². The highest BCUT2D eigenvalue weighted by atomic mass is 79.9. The van der Waals surface area contributed by atoms with Crippen molar-refractivity contribution >= 4 is 21.8 Å². The van der Waals surface area contributed by atoms with Gasteiger partial charge in [0, 0.05) is 0 Å². The lowest BCUT2D eigenvalue weighted by molar-refractivity contribution is 0.0910. The van der Waals surface area contributed by atoms with Crippen molar-refractivity contribution in [3.8, 4) is 6.07 Å². The fraction of sp³-hybridized carbons (Fsp3) is 0.143. The molecule has 1 N–H and O–H groups in total. The van der Waals surface area contributed by atoms with Crippen LogP contribution in [0.4, 0.5) is 0 Å². The number of rotatable bonds is 3. The minimum absolute atomic E-state index is 0.163. The summed E-state index contributed by atoms with van der Waals surface area (Å²) < 4.78 is 5.70. The van der Waals surface area contributed by atoms with Crippen LogP contribution in [0.1, 0.15) is 34.6 Å². The summed E-state index contributed by atoms with van der Waals surface area (Å²) in [5.41, 5.74) is 1.52. The standard InChI is InChI=1S/C14H11BrN2O2/c1-9(11-4-2-10(8-16)3-5-11)17-14(18)12-6-7-13(15)19-12/h2-7,9H,1H3,(H,17,18). The van der Waals surface area contributed by atoms with E-state index >= 15 is 0 Å². The number of amides is 1. The molecule has 1 unspecified atom stereocenters. The molecule has 0 aliphatic rings. The summed E-state index contributed by atoms with van der Waals surface area (Å²) in [5.74, 6) is -0.0186. The highest BCUT2D eigenvalue weighted by molar-refractivity contribution is 9.10. The van der Waals surface area contributed by atoms with Crippen LogP contribution in [0, 0.1) is 11.3 Å². The molecule has 0 saturated heterocycles. The Bertz CT molecular complexity index is 626. The van der Waals surface area contributed by atoms with Crippen molar-refractivity contribution < 1.29 is 9.21 Å². The maximum absolute atomic E-state index is 11.9. The van der Waals surface area contributed by atoms with E-state index in [-0.39, 0.29) is 17.7 Å². The van der Waals surface area contributed by atoms with Crippen molar-refractivity contribution in [1.29, 1.82) is 5.26 Å². The van der Waals surface area contributed by atoms with Crippen LogP contribution in [0.25, 0.3) is 0 Å². The minimum atomic E-state index is -0.275. The molecule has 1 heterocycles. The average molecular weight is 319 g/mol. The summed E-state index contributed by atoms with van der Waals surface area (Å²) in [6.45, 7) is 1.87. The Morgan fingerprint density at radius 2 is 2.00 bits per heavy atom. The van der Waals surface area contributed by atoms with Crippen molar-refractivity contribution in [2.75, 3.05) is 0 Å². The van der Waals surface area contributed by atoms with E-state index in [1.807, 2.05) is 19.1 Å². The molecule has 2 aromatic rings. The third-order valence-electron chi connectivity index (χ3n) is 2.68. The summed E-state index contributed by atoms with van der Waals surface area (Å²) in [7, 11) is 0. The number of furan rings is 1. The van der Waals surface area contributed by atoms with Crippen LogP contribution in [0.3, 0.4) is 0 Å². The monoisotopic (exact) mass is 318 g/mol. The number of halogens is 1. The lowest BCUT2D eigenvalue weighted by atomic mass is 10.1. The molecule has 4 nitrogen and oxygen atoms in total. The summed E-state index contributed by atoms with van der Waals surface area (Å²) in [6, 6.07) is 12.3. The zero-order valence-corrected chi connectivity index (χ0v) is 11.8. The van der Waals surface area contributed by atoms with E-state index in [1.165, 1.54) is 0 Å². The predicted molar refractivity (Wildman–Crippen MR) is 73.4 cm³/mol. The molecular formula is C14H11BrN2O2. The van der Waals surface area contributed by atoms with Crippen molar-refractivity contribution in [3.63, 3.8) is 0 Å². The van der Waals surface area contributed by atoms with Crippen LogP contribution in [-0.4, -0.2) is 5.91 Å². The van der Waals surface area contributed by atoms with Crippen LogP contribution < -0.4 is 5.32 Å². The van der Waals surface area contributed by atoms with Gasteiger partial charge in [-0.1, -0.05) is 12.1 Å². The van der Waals surface area contributed by atoms with E-state index < -0.39 is 0 Å². The van der Waals surface area contributed by atoms with Gasteiger partial charge >= 0.3 is 0 Å². The second-order valence-electron chi connectivity index (χ2n) is 4.03. The molecule has 1 aromatic carbocycles. The first-order chi connectivity index (χ1) is 9.10. The van der Waals surface area contributed by atoms with Gasteiger partial charge in [0.2, 0.25) is 0 Å². The van der Waals surface area contributed by atoms with Gasteiger partial charge in [-0.25, -0.2) is 0 Å². The van der Waals surface area contributed by atoms with Gasteiger partial charge in [-0.2, -0.15) is 5.26 Å². The van der Waals surface area contributed by atoms with Gasteiger partial charge in [-0.05, 0) is 52.7 Å². The normalized spacial score (nSPS) is 11.6. The fourth-order valence-electron chi connectivity index (χ4n) is 1.63. The highest BCUT2D eigenvalue weighted by Gasteiger charge is 2.14. The predicted octanol–water partition coefficient (Wildman–Crippen LogP) is 3.40. The van der Waals surface area contributed by atoms with Gasteiger partial charge in [0.05, 0.1) is 17.7 Å². The molecule has 1 atom stereocenters. The number of carbonyl (C=O) groups excluding carboxylic acids is 1. The van der Waals surface area contributed by atoms with Gasteiger partial charge in [-0.3, -0.25) is 4.79 Å². The molecule has 96 valence electrons. The van der Waals surface area contributed by atoms with Gasteiger partial charge in [0.15, 0.2) is 10.4 Å². The van der Waals surface area contributed by atoms with Crippen LogP contribution >= 0.6 is 15.9 Å². The van der Waals surface area contributed by atoms with Crippen LogP contribution in [-0.2, 0) is 0 Å². The number of nitrogens with zero attached hydrogens (tertiary/aromatic N) is 1. The highest BCUT2D eigenvalue weighted by Crippen LogP contribution is 2.17. The zero-order valence-electron chi connectivity index (χ0n) is 10.2. The smallest absolute Gasteiger partial charge is 0.287 e. The number of nitrogens with one attached hydrogen (secondary N) is 1. The molecule has 0 aliphatic carbocycles. The van der Waals surface area contributed by atoms with E-state index in [4.69, 9.17) is 9.68 Å². The van der Waals surface area contributed by atoms with Gasteiger partial charge in [0.25, 0.3) is 5.91 Å². The Morgan fingerprint density at radius 1 is 1.32 bits per heavy atom. The van der Waals surface area contributed by atoms with Gasteiger partial charge < -0.3 is 9.73 Å². The number of nitriles is 1. The van der Waals surface area contributed by atoms with Crippen LogP contribution in [0.2, 0.25) is 0 Å². The van der Waals surface area contributed by atoms with Crippen LogP contribution in [0.15, 0.2) is 45.5 Å². The van der Waals surface area contributed by atoms with Crippen molar-refractivity contribution in [2.45, 2.75) is 13.0 Å². The molecule has 0 spiro atoms. The van der Waals surface area contributed by atoms with Crippen LogP contribution in [0.5, 0.6) is 0 Å². The summed E-state index contributed by atoms with van der Waals surface area (Å²) in [4.78, 5) is 11.9. The first kappa shape index (κ1) is 13.4. The summed E-state index contributed by atoms with van der Waals surface area (Å²) in [5, 5.41) is 11.6. The molecule has 1 aromatic heterocycles.